The first-order valence-electron chi connectivity index (χ1n) is 6.44. The molecule has 1 rings (SSSR count). The molecule has 0 aromatic carbocycles. The maximum Gasteiger partial charge on any atom is 0.326 e. The Balaban J connectivity index is 2.36. The predicted octanol–water partition coefficient (Wildman–Crippen LogP) is 0.0679. The minimum absolute atomic E-state index is 0.0355. The zero-order valence-corrected chi connectivity index (χ0v) is 12.5. The van der Waals surface area contributed by atoms with Crippen LogP contribution in [0.2, 0.25) is 0 Å². The molecule has 1 aliphatic heterocycles. The highest BCUT2D eigenvalue weighted by Gasteiger charge is 2.24. The number of carboxylic acids is 1. The van der Waals surface area contributed by atoms with Gasteiger partial charge in [-0.2, -0.15) is 0 Å². The Morgan fingerprint density at radius 3 is 2.67 bits per heavy atom. The normalized spacial score (nSPS) is 15.7. The van der Waals surface area contributed by atoms with E-state index in [2.05, 4.69) is 10.1 Å². The SMILES string of the molecule is COC(=O)CC[C@H](NC(=O)CCN1CCSC1=O)C(=O)O. The summed E-state index contributed by atoms with van der Waals surface area (Å²) < 4.78 is 4.42. The van der Waals surface area contributed by atoms with Crippen molar-refractivity contribution in [2.24, 2.45) is 0 Å². The standard InChI is InChI=1S/C12H18N2O6S/c1-20-10(16)3-2-8(11(17)18)13-9(15)4-5-14-6-7-21-12(14)19/h8H,2-7H2,1H3,(H,13,15)(H,17,18)/t8-/m0/s1. The lowest BCUT2D eigenvalue weighted by atomic mass is 10.1. The van der Waals surface area contributed by atoms with Gasteiger partial charge < -0.3 is 20.1 Å². The largest absolute Gasteiger partial charge is 0.480 e. The molecule has 21 heavy (non-hydrogen) atoms. The van der Waals surface area contributed by atoms with E-state index in [1.165, 1.54) is 18.9 Å². The fourth-order valence-electron chi connectivity index (χ4n) is 1.75. The van der Waals surface area contributed by atoms with Gasteiger partial charge in [0.2, 0.25) is 5.91 Å². The summed E-state index contributed by atoms with van der Waals surface area (Å²) in [7, 11) is 1.21. The van der Waals surface area contributed by atoms with Crippen LogP contribution in [0.4, 0.5) is 4.79 Å². The molecule has 1 heterocycles. The van der Waals surface area contributed by atoms with Gasteiger partial charge in [-0.15, -0.1) is 0 Å². The van der Waals surface area contributed by atoms with Crippen molar-refractivity contribution in [2.75, 3.05) is 26.0 Å². The Morgan fingerprint density at radius 2 is 2.14 bits per heavy atom. The summed E-state index contributed by atoms with van der Waals surface area (Å²) in [5, 5.41) is 11.3. The van der Waals surface area contributed by atoms with E-state index < -0.39 is 23.9 Å². The number of carbonyl (C=O) groups is 4. The van der Waals surface area contributed by atoms with Crippen LogP contribution in [0.1, 0.15) is 19.3 Å². The minimum atomic E-state index is -1.21. The number of aliphatic carboxylic acids is 1. The number of nitrogens with zero attached hydrogens (tertiary/aromatic N) is 1. The first-order chi connectivity index (χ1) is 9.93. The molecule has 0 saturated carbocycles. The molecule has 0 aromatic heterocycles. The third-order valence-electron chi connectivity index (χ3n) is 2.95. The highest BCUT2D eigenvalue weighted by atomic mass is 32.2. The van der Waals surface area contributed by atoms with Crippen LogP contribution in [-0.4, -0.2) is 65.1 Å². The van der Waals surface area contributed by atoms with Gasteiger partial charge in [-0.05, 0) is 6.42 Å². The second-order valence-electron chi connectivity index (χ2n) is 4.42. The van der Waals surface area contributed by atoms with Crippen molar-refractivity contribution in [1.82, 2.24) is 10.2 Å². The van der Waals surface area contributed by atoms with E-state index in [1.807, 2.05) is 0 Å². The monoisotopic (exact) mass is 318 g/mol. The Bertz CT molecular complexity index is 428. The first kappa shape index (κ1) is 17.3. The quantitative estimate of drug-likeness (QED) is 0.609. The van der Waals surface area contributed by atoms with E-state index in [4.69, 9.17) is 5.11 Å². The number of methoxy groups -OCH3 is 1. The number of thioether (sulfide) groups is 1. The minimum Gasteiger partial charge on any atom is -0.480 e. The van der Waals surface area contributed by atoms with E-state index >= 15 is 0 Å². The Labute approximate surface area is 126 Å². The van der Waals surface area contributed by atoms with Crippen LogP contribution < -0.4 is 5.32 Å². The average Bonchev–Trinajstić information content (AvgIpc) is 2.85. The van der Waals surface area contributed by atoms with Crippen LogP contribution in [-0.2, 0) is 19.1 Å². The number of carbonyl (C=O) groups excluding carboxylic acids is 3. The summed E-state index contributed by atoms with van der Waals surface area (Å²) in [5.74, 6) is -1.50. The van der Waals surface area contributed by atoms with Gasteiger partial charge >= 0.3 is 11.9 Å². The molecule has 1 saturated heterocycles. The fourth-order valence-corrected chi connectivity index (χ4v) is 2.60. The third kappa shape index (κ3) is 6.03. The van der Waals surface area contributed by atoms with Crippen LogP contribution in [0.3, 0.4) is 0 Å². The molecule has 0 aliphatic carbocycles. The maximum absolute atomic E-state index is 11.7. The molecular weight excluding hydrogens is 300 g/mol. The second-order valence-corrected chi connectivity index (χ2v) is 5.47. The zero-order valence-electron chi connectivity index (χ0n) is 11.7. The molecule has 9 heteroatoms. The lowest BCUT2D eigenvalue weighted by molar-refractivity contribution is -0.144. The molecule has 0 radical (unpaired) electrons. The number of carboxylic acid groups (broad SMARTS) is 1. The van der Waals surface area contributed by atoms with Crippen LogP contribution in [0.25, 0.3) is 0 Å². The lowest BCUT2D eigenvalue weighted by Crippen LogP contribution is -2.42. The molecule has 8 nitrogen and oxygen atoms in total. The number of hydrogen-bond donors (Lipinski definition) is 2. The summed E-state index contributed by atoms with van der Waals surface area (Å²) in [6.07, 6.45) is -0.0878. The Hall–Kier alpha value is -1.77. The summed E-state index contributed by atoms with van der Waals surface area (Å²) in [4.78, 5) is 46.6. The van der Waals surface area contributed by atoms with Crippen molar-refractivity contribution in [1.29, 1.82) is 0 Å². The van der Waals surface area contributed by atoms with Gasteiger partial charge in [-0.25, -0.2) is 4.79 Å². The van der Waals surface area contributed by atoms with Gasteiger partial charge in [0, 0.05) is 31.7 Å². The Kier molecular flexibility index (Phi) is 7.00. The zero-order chi connectivity index (χ0) is 15.8. The van der Waals surface area contributed by atoms with E-state index in [0.29, 0.717) is 12.3 Å². The van der Waals surface area contributed by atoms with Crippen LogP contribution in [0, 0.1) is 0 Å². The maximum atomic E-state index is 11.7. The molecule has 0 unspecified atom stereocenters. The first-order valence-corrected chi connectivity index (χ1v) is 7.43. The van der Waals surface area contributed by atoms with Crippen molar-refractivity contribution in [3.05, 3.63) is 0 Å². The fraction of sp³-hybridized carbons (Fsp3) is 0.667. The lowest BCUT2D eigenvalue weighted by Gasteiger charge is -2.16. The predicted molar refractivity (Wildman–Crippen MR) is 74.9 cm³/mol. The molecule has 2 N–H and O–H groups in total. The van der Waals surface area contributed by atoms with Gasteiger partial charge in [0.15, 0.2) is 0 Å². The number of ether oxygens (including phenoxy) is 1. The van der Waals surface area contributed by atoms with Crippen LogP contribution in [0.15, 0.2) is 0 Å². The third-order valence-corrected chi connectivity index (χ3v) is 3.84. The van der Waals surface area contributed by atoms with Crippen molar-refractivity contribution >= 4 is 34.8 Å². The topological polar surface area (TPSA) is 113 Å². The van der Waals surface area contributed by atoms with Crippen LogP contribution >= 0.6 is 11.8 Å². The van der Waals surface area contributed by atoms with Gasteiger partial charge in [0.25, 0.3) is 5.24 Å². The summed E-state index contributed by atoms with van der Waals surface area (Å²) >= 11 is 1.20. The van der Waals surface area contributed by atoms with Crippen molar-refractivity contribution in [3.8, 4) is 0 Å². The molecular formula is C12H18N2O6S. The van der Waals surface area contributed by atoms with Crippen molar-refractivity contribution < 1.29 is 29.0 Å². The van der Waals surface area contributed by atoms with E-state index in [9.17, 15) is 19.2 Å². The van der Waals surface area contributed by atoms with Gasteiger partial charge in [-0.1, -0.05) is 11.8 Å². The van der Waals surface area contributed by atoms with E-state index in [1.54, 1.807) is 4.90 Å². The molecule has 0 spiro atoms. The summed E-state index contributed by atoms with van der Waals surface area (Å²) in [5.41, 5.74) is 0. The highest BCUT2D eigenvalue weighted by Crippen LogP contribution is 2.17. The smallest absolute Gasteiger partial charge is 0.326 e. The highest BCUT2D eigenvalue weighted by molar-refractivity contribution is 8.13. The Morgan fingerprint density at radius 1 is 1.43 bits per heavy atom. The molecule has 1 aliphatic rings. The van der Waals surface area contributed by atoms with Crippen LogP contribution in [0.5, 0.6) is 0 Å². The number of hydrogen-bond acceptors (Lipinski definition) is 6. The van der Waals surface area contributed by atoms with Crippen molar-refractivity contribution in [3.63, 3.8) is 0 Å². The number of rotatable bonds is 8. The second kappa shape index (κ2) is 8.50. The van der Waals surface area contributed by atoms with E-state index in [-0.39, 0.29) is 31.0 Å². The molecule has 1 fully saturated rings. The summed E-state index contributed by atoms with van der Waals surface area (Å²) in [6.45, 7) is 0.864. The summed E-state index contributed by atoms with van der Waals surface area (Å²) in [6, 6.07) is -1.14. The van der Waals surface area contributed by atoms with Gasteiger partial charge in [0.05, 0.1) is 7.11 Å². The van der Waals surface area contributed by atoms with Crippen molar-refractivity contribution in [2.45, 2.75) is 25.3 Å². The van der Waals surface area contributed by atoms with E-state index in [0.717, 1.165) is 0 Å². The number of amides is 2. The average molecular weight is 318 g/mol. The van der Waals surface area contributed by atoms with Gasteiger partial charge in [-0.3, -0.25) is 14.4 Å². The molecule has 0 aromatic rings. The van der Waals surface area contributed by atoms with Gasteiger partial charge in [0.1, 0.15) is 6.04 Å². The molecule has 0 bridgehead atoms. The number of esters is 1. The number of nitrogens with one attached hydrogen (secondary N) is 1. The molecule has 1 atom stereocenters. The molecule has 118 valence electrons. The molecule has 2 amide bonds.